The first kappa shape index (κ1) is 24.9. The van der Waals surface area contributed by atoms with E-state index in [1.807, 2.05) is 60.7 Å². The van der Waals surface area contributed by atoms with Crippen molar-refractivity contribution >= 4 is 33.9 Å². The summed E-state index contributed by atoms with van der Waals surface area (Å²) in [7, 11) is 3.35. The van der Waals surface area contributed by atoms with Crippen LogP contribution in [-0.2, 0) is 15.0 Å². The number of ether oxygens (including phenoxy) is 2. The second-order valence-electron chi connectivity index (χ2n) is 8.55. The summed E-state index contributed by atoms with van der Waals surface area (Å²) in [5, 5.41) is 12.3. The highest BCUT2D eigenvalue weighted by atomic mass is 35.5. The van der Waals surface area contributed by atoms with Gasteiger partial charge in [0.05, 0.1) is 22.5 Å². The van der Waals surface area contributed by atoms with Gasteiger partial charge in [-0.25, -0.2) is 4.99 Å². The van der Waals surface area contributed by atoms with Gasteiger partial charge in [0.15, 0.2) is 5.88 Å². The van der Waals surface area contributed by atoms with Crippen molar-refractivity contribution in [3.05, 3.63) is 94.5 Å². The molecule has 35 heavy (non-hydrogen) atoms. The number of hydrogen-bond donors (Lipinski definition) is 3. The Bertz CT molecular complexity index is 1290. The van der Waals surface area contributed by atoms with Gasteiger partial charge in [-0.05, 0) is 42.7 Å². The number of nitrogens with two attached hydrogens (primary N) is 1. The van der Waals surface area contributed by atoms with Gasteiger partial charge in [-0.3, -0.25) is 0 Å². The van der Waals surface area contributed by atoms with Crippen LogP contribution in [0.5, 0.6) is 5.88 Å². The van der Waals surface area contributed by atoms with E-state index in [0.29, 0.717) is 42.4 Å². The number of halogens is 1. The zero-order valence-electron chi connectivity index (χ0n) is 19.9. The van der Waals surface area contributed by atoms with Crippen molar-refractivity contribution in [2.45, 2.75) is 18.4 Å². The Morgan fingerprint density at radius 1 is 0.971 bits per heavy atom. The highest BCUT2D eigenvalue weighted by Crippen LogP contribution is 2.33. The van der Waals surface area contributed by atoms with Gasteiger partial charge < -0.3 is 25.3 Å². The van der Waals surface area contributed by atoms with Gasteiger partial charge in [-0.1, -0.05) is 60.1 Å². The first-order valence-electron chi connectivity index (χ1n) is 11.5. The Balaban J connectivity index is 1.77. The molecule has 1 aromatic heterocycles. The predicted octanol–water partition coefficient (Wildman–Crippen LogP) is 5.92. The van der Waals surface area contributed by atoms with E-state index in [-0.39, 0.29) is 5.88 Å². The molecular formula is C28H30ClN3O3. The van der Waals surface area contributed by atoms with Gasteiger partial charge in [-0.15, -0.1) is 0 Å². The third kappa shape index (κ3) is 5.57. The lowest BCUT2D eigenvalue weighted by atomic mass is 9.85. The Labute approximate surface area is 210 Å². The maximum atomic E-state index is 10.8. The number of aliphatic imine (C=N–C) groups is 1. The van der Waals surface area contributed by atoms with Crippen molar-refractivity contribution in [2.24, 2.45) is 10.7 Å². The molecule has 0 amide bonds. The summed E-state index contributed by atoms with van der Waals surface area (Å²) in [5.41, 5.74) is 10.8. The number of aromatic amines is 1. The van der Waals surface area contributed by atoms with Gasteiger partial charge in [-0.2, -0.15) is 0 Å². The molecule has 0 saturated heterocycles. The Morgan fingerprint density at radius 2 is 1.63 bits per heavy atom. The molecule has 3 aromatic carbocycles. The van der Waals surface area contributed by atoms with E-state index in [0.717, 1.165) is 27.7 Å². The number of rotatable bonds is 10. The highest BCUT2D eigenvalue weighted by molar-refractivity contribution is 6.31. The molecule has 1 heterocycles. The molecule has 182 valence electrons. The quantitative estimate of drug-likeness (QED) is 0.240. The van der Waals surface area contributed by atoms with Crippen molar-refractivity contribution in [2.75, 3.05) is 27.4 Å². The molecule has 0 bridgehead atoms. The largest absolute Gasteiger partial charge is 0.494 e. The number of aromatic hydroxyl groups is 1. The van der Waals surface area contributed by atoms with Gasteiger partial charge in [0.1, 0.15) is 0 Å². The van der Waals surface area contributed by atoms with E-state index >= 15 is 0 Å². The van der Waals surface area contributed by atoms with Gasteiger partial charge in [0, 0.05) is 48.9 Å². The summed E-state index contributed by atoms with van der Waals surface area (Å²) >= 11 is 6.16. The number of H-pyrrole nitrogens is 1. The molecule has 7 heteroatoms. The fraction of sp³-hybridized carbons (Fsp3) is 0.250. The standard InChI is InChI=1S/C28H30ClN3O3/c1-34-16-14-28(30,15-17-35-2)20-8-11-22(12-9-20)31-26(19-6-4-3-5-7-19)25-23-13-10-21(29)18-24(23)32-27(25)33/h3-13,18,32-33H,14-17,30H2,1-2H3. The van der Waals surface area contributed by atoms with Crippen molar-refractivity contribution in [1.29, 1.82) is 0 Å². The molecule has 0 radical (unpaired) electrons. The molecule has 0 aliphatic rings. The van der Waals surface area contributed by atoms with Crippen molar-refractivity contribution < 1.29 is 14.6 Å². The maximum absolute atomic E-state index is 10.8. The smallest absolute Gasteiger partial charge is 0.199 e. The Morgan fingerprint density at radius 3 is 2.26 bits per heavy atom. The molecule has 0 atom stereocenters. The molecule has 0 fully saturated rings. The van der Waals surface area contributed by atoms with E-state index < -0.39 is 5.54 Å². The highest BCUT2D eigenvalue weighted by Gasteiger charge is 2.27. The SMILES string of the molecule is COCCC(N)(CCOC)c1ccc(N=C(c2ccccc2)c2c(O)[nH]c3cc(Cl)ccc23)cc1. The van der Waals surface area contributed by atoms with Gasteiger partial charge in [0.2, 0.25) is 0 Å². The zero-order chi connectivity index (χ0) is 24.8. The van der Waals surface area contributed by atoms with Crippen LogP contribution in [0.2, 0.25) is 5.02 Å². The molecule has 4 aromatic rings. The monoisotopic (exact) mass is 491 g/mol. The van der Waals surface area contributed by atoms with Gasteiger partial charge >= 0.3 is 0 Å². The Hall–Kier alpha value is -3.16. The van der Waals surface area contributed by atoms with Crippen molar-refractivity contribution in [1.82, 2.24) is 4.98 Å². The lowest BCUT2D eigenvalue weighted by Gasteiger charge is -2.30. The third-order valence-corrected chi connectivity index (χ3v) is 6.45. The first-order valence-corrected chi connectivity index (χ1v) is 11.8. The zero-order valence-corrected chi connectivity index (χ0v) is 20.7. The van der Waals surface area contributed by atoms with E-state index in [9.17, 15) is 5.11 Å². The average molecular weight is 492 g/mol. The maximum Gasteiger partial charge on any atom is 0.199 e. The van der Waals surface area contributed by atoms with E-state index in [4.69, 9.17) is 31.8 Å². The number of methoxy groups -OCH3 is 2. The first-order chi connectivity index (χ1) is 16.9. The summed E-state index contributed by atoms with van der Waals surface area (Å²) in [6.45, 7) is 1.12. The van der Waals surface area contributed by atoms with Crippen LogP contribution >= 0.6 is 11.6 Å². The third-order valence-electron chi connectivity index (χ3n) is 6.21. The van der Waals surface area contributed by atoms with Crippen LogP contribution in [-0.4, -0.2) is 43.2 Å². The van der Waals surface area contributed by atoms with Crippen LogP contribution in [0.4, 0.5) is 5.69 Å². The molecule has 0 aliphatic carbocycles. The minimum Gasteiger partial charge on any atom is -0.494 e. The summed E-state index contributed by atoms with van der Waals surface area (Å²) in [4.78, 5) is 7.99. The van der Waals surface area contributed by atoms with Crippen molar-refractivity contribution in [3.63, 3.8) is 0 Å². The van der Waals surface area contributed by atoms with Crippen LogP contribution in [0, 0.1) is 0 Å². The summed E-state index contributed by atoms with van der Waals surface area (Å²) in [6, 6.07) is 23.2. The van der Waals surface area contributed by atoms with Crippen LogP contribution < -0.4 is 5.73 Å². The van der Waals surface area contributed by atoms with Crippen LogP contribution in [0.3, 0.4) is 0 Å². The van der Waals surface area contributed by atoms with Crippen LogP contribution in [0.25, 0.3) is 10.9 Å². The molecule has 0 unspecified atom stereocenters. The number of aromatic nitrogens is 1. The average Bonchev–Trinajstić information content (AvgIpc) is 3.20. The summed E-state index contributed by atoms with van der Waals surface area (Å²) in [6.07, 6.45) is 1.35. The minimum absolute atomic E-state index is 0.0431. The summed E-state index contributed by atoms with van der Waals surface area (Å²) in [5.74, 6) is 0.0431. The number of nitrogens with zero attached hydrogens (tertiary/aromatic N) is 1. The number of nitrogens with one attached hydrogen (secondary N) is 1. The topological polar surface area (TPSA) is 92.9 Å². The molecule has 4 N–H and O–H groups in total. The van der Waals surface area contributed by atoms with E-state index in [1.54, 1.807) is 26.4 Å². The number of benzene rings is 3. The molecule has 0 saturated carbocycles. The normalized spacial score (nSPS) is 12.4. The lowest BCUT2D eigenvalue weighted by Crippen LogP contribution is -2.39. The van der Waals surface area contributed by atoms with Gasteiger partial charge in [0.25, 0.3) is 0 Å². The fourth-order valence-electron chi connectivity index (χ4n) is 4.24. The number of fused-ring (bicyclic) bond motifs is 1. The van der Waals surface area contributed by atoms with Crippen LogP contribution in [0.1, 0.15) is 29.5 Å². The molecular weight excluding hydrogens is 462 g/mol. The van der Waals surface area contributed by atoms with Crippen LogP contribution in [0.15, 0.2) is 77.8 Å². The fourth-order valence-corrected chi connectivity index (χ4v) is 4.41. The second-order valence-corrected chi connectivity index (χ2v) is 8.99. The second kappa shape index (κ2) is 11.1. The van der Waals surface area contributed by atoms with E-state index in [2.05, 4.69) is 4.98 Å². The lowest BCUT2D eigenvalue weighted by molar-refractivity contribution is 0.133. The predicted molar refractivity (Wildman–Crippen MR) is 142 cm³/mol. The van der Waals surface area contributed by atoms with E-state index in [1.165, 1.54) is 0 Å². The molecule has 0 spiro atoms. The molecule has 0 aliphatic heterocycles. The minimum atomic E-state index is -0.565. The molecule has 4 rings (SSSR count). The molecule has 6 nitrogen and oxygen atoms in total. The Kier molecular flexibility index (Phi) is 7.88. The summed E-state index contributed by atoms with van der Waals surface area (Å²) < 4.78 is 10.6. The van der Waals surface area contributed by atoms with Crippen molar-refractivity contribution in [3.8, 4) is 5.88 Å². The number of hydrogen-bond acceptors (Lipinski definition) is 5.